The van der Waals surface area contributed by atoms with E-state index in [0.717, 1.165) is 53.9 Å². The van der Waals surface area contributed by atoms with Gasteiger partial charge in [-0.05, 0) is 36.1 Å². The third-order valence-electron chi connectivity index (χ3n) is 5.63. The van der Waals surface area contributed by atoms with E-state index in [1.807, 2.05) is 54.6 Å². The number of carbonyl (C=O) groups excluding carboxylic acids is 1. The number of benzene rings is 2. The molecule has 0 spiro atoms. The van der Waals surface area contributed by atoms with Gasteiger partial charge in [-0.25, -0.2) is 0 Å². The normalized spacial score (nSPS) is 13.6. The highest BCUT2D eigenvalue weighted by Gasteiger charge is 2.22. The van der Waals surface area contributed by atoms with Crippen LogP contribution in [-0.4, -0.2) is 39.4 Å². The van der Waals surface area contributed by atoms with Crippen LogP contribution in [-0.2, 0) is 6.54 Å². The fraction of sp³-hybridized carbons (Fsp3) is 0.240. The van der Waals surface area contributed by atoms with Crippen molar-refractivity contribution in [3.05, 3.63) is 84.3 Å². The topological polar surface area (TPSA) is 64.2 Å². The summed E-state index contributed by atoms with van der Waals surface area (Å²) in [7, 11) is 0. The molecule has 0 radical (unpaired) electrons. The first-order valence-corrected chi connectivity index (χ1v) is 11.8. The van der Waals surface area contributed by atoms with Gasteiger partial charge < -0.3 is 9.32 Å². The lowest BCUT2D eigenvalue weighted by molar-refractivity contribution is 0.102. The van der Waals surface area contributed by atoms with Crippen molar-refractivity contribution in [1.82, 2.24) is 14.8 Å². The van der Waals surface area contributed by atoms with E-state index in [0.29, 0.717) is 17.9 Å². The smallest absolute Gasteiger partial charge is 0.228 e. The van der Waals surface area contributed by atoms with Crippen LogP contribution in [0.1, 0.15) is 29.0 Å². The molecule has 0 unspecified atom stereocenters. The zero-order valence-corrected chi connectivity index (χ0v) is 18.5. The van der Waals surface area contributed by atoms with Crippen molar-refractivity contribution in [3.63, 3.8) is 0 Å². The Balaban J connectivity index is 1.30. The number of hydrogen-bond donors (Lipinski definition) is 0. The van der Waals surface area contributed by atoms with Gasteiger partial charge in [-0.1, -0.05) is 66.4 Å². The molecule has 2 aromatic carbocycles. The lowest BCUT2D eigenvalue weighted by Crippen LogP contribution is -2.22. The average molecular weight is 445 g/mol. The Morgan fingerprint density at radius 3 is 2.38 bits per heavy atom. The van der Waals surface area contributed by atoms with Gasteiger partial charge in [-0.3, -0.25) is 9.36 Å². The zero-order valence-electron chi connectivity index (χ0n) is 17.7. The highest BCUT2D eigenvalue weighted by molar-refractivity contribution is 7.99. The first-order valence-electron chi connectivity index (χ1n) is 10.8. The van der Waals surface area contributed by atoms with Gasteiger partial charge in [0, 0.05) is 18.7 Å². The van der Waals surface area contributed by atoms with Crippen LogP contribution in [0.2, 0.25) is 0 Å². The minimum Gasteiger partial charge on any atom is -0.467 e. The molecule has 4 aromatic rings. The number of furan rings is 1. The summed E-state index contributed by atoms with van der Waals surface area (Å²) in [5, 5.41) is 9.57. The minimum absolute atomic E-state index is 0.0740. The molecular weight excluding hydrogens is 420 g/mol. The van der Waals surface area contributed by atoms with Crippen molar-refractivity contribution < 1.29 is 9.21 Å². The summed E-state index contributed by atoms with van der Waals surface area (Å²) in [6.07, 6.45) is 3.99. The molecule has 0 amide bonds. The van der Waals surface area contributed by atoms with Crippen LogP contribution in [0, 0.1) is 0 Å². The van der Waals surface area contributed by atoms with Gasteiger partial charge in [0.1, 0.15) is 5.76 Å². The van der Waals surface area contributed by atoms with Gasteiger partial charge in [-0.15, -0.1) is 10.2 Å². The van der Waals surface area contributed by atoms with Crippen LogP contribution < -0.4 is 4.90 Å². The van der Waals surface area contributed by atoms with Crippen molar-refractivity contribution in [2.45, 2.75) is 24.5 Å². The maximum absolute atomic E-state index is 12.8. The Morgan fingerprint density at radius 1 is 0.906 bits per heavy atom. The lowest BCUT2D eigenvalue weighted by Gasteiger charge is -2.17. The number of Topliss-reactive ketones (excluding diaryl/α,β-unsaturated/α-hetero) is 1. The molecule has 3 heterocycles. The van der Waals surface area contributed by atoms with E-state index in [2.05, 4.69) is 31.8 Å². The molecule has 32 heavy (non-hydrogen) atoms. The Bertz CT molecular complexity index is 1160. The lowest BCUT2D eigenvalue weighted by atomic mass is 10.0. The standard InChI is InChI=1S/C25H24N4O2S/c30-23(21-12-10-20(11-13-21)19-7-2-1-3-8-19)18-32-25-27-26-24(28-14-4-5-15-28)29(25)17-22-9-6-16-31-22/h1-3,6-13,16H,4-5,14-15,17-18H2. The Hall–Kier alpha value is -3.32. The molecule has 0 N–H and O–H groups in total. The molecule has 5 rings (SSSR count). The molecule has 1 aliphatic heterocycles. The molecule has 0 atom stereocenters. The van der Waals surface area contributed by atoms with Crippen molar-refractivity contribution in [2.24, 2.45) is 0 Å². The fourth-order valence-electron chi connectivity index (χ4n) is 3.93. The molecule has 7 heteroatoms. The third kappa shape index (κ3) is 4.48. The maximum atomic E-state index is 12.8. The number of hydrogen-bond acceptors (Lipinski definition) is 6. The molecule has 0 aliphatic carbocycles. The summed E-state index contributed by atoms with van der Waals surface area (Å²) < 4.78 is 7.61. The summed E-state index contributed by atoms with van der Waals surface area (Å²) in [6, 6.07) is 21.8. The molecule has 1 aliphatic rings. The fourth-order valence-corrected chi connectivity index (χ4v) is 4.76. The maximum Gasteiger partial charge on any atom is 0.228 e. The minimum atomic E-state index is 0.0740. The molecule has 0 saturated carbocycles. The molecule has 1 fully saturated rings. The number of anilines is 1. The van der Waals surface area contributed by atoms with Gasteiger partial charge in [-0.2, -0.15) is 0 Å². The van der Waals surface area contributed by atoms with Crippen molar-refractivity contribution in [2.75, 3.05) is 23.7 Å². The van der Waals surface area contributed by atoms with Gasteiger partial charge in [0.2, 0.25) is 5.95 Å². The SMILES string of the molecule is O=C(CSc1nnc(N2CCCC2)n1Cc1ccco1)c1ccc(-c2ccccc2)cc1. The summed E-state index contributed by atoms with van der Waals surface area (Å²) in [6.45, 7) is 2.51. The van der Waals surface area contributed by atoms with E-state index in [9.17, 15) is 4.79 Å². The van der Waals surface area contributed by atoms with E-state index in [1.54, 1.807) is 6.26 Å². The Kier molecular flexibility index (Phi) is 6.07. The van der Waals surface area contributed by atoms with Gasteiger partial charge in [0.05, 0.1) is 18.6 Å². The van der Waals surface area contributed by atoms with Crippen LogP contribution in [0.15, 0.2) is 82.6 Å². The summed E-state index contributed by atoms with van der Waals surface area (Å²) >= 11 is 1.42. The second kappa shape index (κ2) is 9.44. The number of thioether (sulfide) groups is 1. The van der Waals surface area contributed by atoms with Crippen molar-refractivity contribution >= 4 is 23.5 Å². The Morgan fingerprint density at radius 2 is 1.66 bits per heavy atom. The third-order valence-corrected chi connectivity index (χ3v) is 6.59. The van der Waals surface area contributed by atoms with Gasteiger partial charge >= 0.3 is 0 Å². The molecule has 2 aromatic heterocycles. The molecule has 162 valence electrons. The molecule has 1 saturated heterocycles. The largest absolute Gasteiger partial charge is 0.467 e. The van der Waals surface area contributed by atoms with E-state index < -0.39 is 0 Å². The van der Waals surface area contributed by atoms with E-state index >= 15 is 0 Å². The van der Waals surface area contributed by atoms with Crippen molar-refractivity contribution in [3.8, 4) is 11.1 Å². The molecular formula is C25H24N4O2S. The first-order chi connectivity index (χ1) is 15.8. The predicted molar refractivity (Wildman–Crippen MR) is 126 cm³/mol. The monoisotopic (exact) mass is 444 g/mol. The van der Waals surface area contributed by atoms with Crippen LogP contribution in [0.4, 0.5) is 5.95 Å². The molecule has 6 nitrogen and oxygen atoms in total. The summed E-state index contributed by atoms with van der Waals surface area (Å²) in [5.74, 6) is 2.07. The number of rotatable bonds is 8. The van der Waals surface area contributed by atoms with Gasteiger partial charge in [0.25, 0.3) is 0 Å². The van der Waals surface area contributed by atoms with Crippen LogP contribution in [0.25, 0.3) is 11.1 Å². The quantitative estimate of drug-likeness (QED) is 0.276. The summed E-state index contributed by atoms with van der Waals surface area (Å²) in [4.78, 5) is 15.1. The molecule has 0 bridgehead atoms. The van der Waals surface area contributed by atoms with Crippen LogP contribution in [0.3, 0.4) is 0 Å². The van der Waals surface area contributed by atoms with Crippen molar-refractivity contribution in [1.29, 1.82) is 0 Å². The number of aromatic nitrogens is 3. The highest BCUT2D eigenvalue weighted by Crippen LogP contribution is 2.27. The predicted octanol–water partition coefficient (Wildman–Crippen LogP) is 5.16. The van der Waals surface area contributed by atoms with Gasteiger partial charge in [0.15, 0.2) is 10.9 Å². The second-order valence-electron chi connectivity index (χ2n) is 7.80. The average Bonchev–Trinajstić information content (AvgIpc) is 3.61. The second-order valence-corrected chi connectivity index (χ2v) is 8.74. The van der Waals surface area contributed by atoms with E-state index in [-0.39, 0.29) is 5.78 Å². The number of ketones is 1. The van der Waals surface area contributed by atoms with Crippen LogP contribution >= 0.6 is 11.8 Å². The first kappa shape index (κ1) is 20.6. The summed E-state index contributed by atoms with van der Waals surface area (Å²) in [5.41, 5.74) is 2.94. The Labute approximate surface area is 191 Å². The zero-order chi connectivity index (χ0) is 21.8. The van der Waals surface area contributed by atoms with E-state index in [1.165, 1.54) is 11.8 Å². The van der Waals surface area contributed by atoms with Crippen LogP contribution in [0.5, 0.6) is 0 Å². The highest BCUT2D eigenvalue weighted by atomic mass is 32.2. The number of carbonyl (C=O) groups is 1. The number of nitrogens with zero attached hydrogens (tertiary/aromatic N) is 4. The van der Waals surface area contributed by atoms with E-state index in [4.69, 9.17) is 4.42 Å².